The van der Waals surface area contributed by atoms with Crippen LogP contribution < -0.4 is 5.32 Å². The molecule has 0 aliphatic carbocycles. The lowest BCUT2D eigenvalue weighted by Gasteiger charge is -2.14. The number of carbonyl (C=O) groups excluding carboxylic acids is 3. The highest BCUT2D eigenvalue weighted by Gasteiger charge is 2.35. The minimum absolute atomic E-state index is 0.0520. The number of benzene rings is 2. The Balaban J connectivity index is 1.41. The number of nitrogens with zero attached hydrogens (tertiary/aromatic N) is 3. The van der Waals surface area contributed by atoms with Crippen molar-refractivity contribution in [2.24, 2.45) is 0 Å². The summed E-state index contributed by atoms with van der Waals surface area (Å²) >= 11 is 0. The second-order valence-corrected chi connectivity index (χ2v) is 7.61. The molecule has 0 bridgehead atoms. The van der Waals surface area contributed by atoms with Gasteiger partial charge in [0.1, 0.15) is 5.69 Å². The van der Waals surface area contributed by atoms with E-state index in [0.717, 1.165) is 21.9 Å². The molecular weight excluding hydrogens is 399 g/mol. The first kappa shape index (κ1) is 20.5. The predicted octanol–water partition coefficient (Wildman–Crippen LogP) is 3.56. The first-order chi connectivity index (χ1) is 14.7. The van der Waals surface area contributed by atoms with Crippen molar-refractivity contribution in [2.45, 2.75) is 27.2 Å². The molecule has 1 N–H and O–H groups in total. The molecule has 8 heteroatoms. The number of anilines is 1. The van der Waals surface area contributed by atoms with Crippen LogP contribution >= 0.6 is 0 Å². The van der Waals surface area contributed by atoms with Gasteiger partial charge in [-0.1, -0.05) is 11.6 Å². The summed E-state index contributed by atoms with van der Waals surface area (Å²) in [5.74, 6) is -1.77. The first-order valence-electron chi connectivity index (χ1n) is 9.84. The van der Waals surface area contributed by atoms with Gasteiger partial charge in [0.05, 0.1) is 16.8 Å². The molecule has 3 amide bonds. The van der Waals surface area contributed by atoms with Gasteiger partial charge in [-0.2, -0.15) is 5.10 Å². The number of amides is 3. The molecule has 31 heavy (non-hydrogen) atoms. The minimum atomic E-state index is -0.528. The van der Waals surface area contributed by atoms with Crippen molar-refractivity contribution in [2.75, 3.05) is 11.9 Å². The number of carbonyl (C=O) groups is 3. The van der Waals surface area contributed by atoms with Crippen molar-refractivity contribution in [1.82, 2.24) is 14.7 Å². The molecule has 0 saturated carbocycles. The van der Waals surface area contributed by atoms with E-state index in [4.69, 9.17) is 0 Å². The molecule has 3 aromatic rings. The Labute approximate surface area is 178 Å². The van der Waals surface area contributed by atoms with Gasteiger partial charge in [0.2, 0.25) is 5.91 Å². The second kappa shape index (κ2) is 7.79. The lowest BCUT2D eigenvalue weighted by Crippen LogP contribution is -2.32. The minimum Gasteiger partial charge on any atom is -0.326 e. The number of aromatic nitrogens is 2. The molecule has 1 aliphatic heterocycles. The summed E-state index contributed by atoms with van der Waals surface area (Å²) in [6.45, 7) is 5.44. The van der Waals surface area contributed by atoms with Crippen molar-refractivity contribution >= 4 is 23.4 Å². The predicted molar refractivity (Wildman–Crippen MR) is 113 cm³/mol. The second-order valence-electron chi connectivity index (χ2n) is 7.61. The summed E-state index contributed by atoms with van der Waals surface area (Å²) in [7, 11) is 0. The molecule has 2 aromatic carbocycles. The molecule has 0 fully saturated rings. The maximum absolute atomic E-state index is 14.6. The van der Waals surface area contributed by atoms with E-state index in [2.05, 4.69) is 10.4 Å². The number of aryl methyl sites for hydroxylation is 3. The Bertz CT molecular complexity index is 1230. The monoisotopic (exact) mass is 420 g/mol. The fourth-order valence-electron chi connectivity index (χ4n) is 3.67. The molecule has 7 nitrogen and oxygen atoms in total. The summed E-state index contributed by atoms with van der Waals surface area (Å²) in [5.41, 5.74) is 3.72. The molecule has 2 heterocycles. The van der Waals surface area contributed by atoms with Gasteiger partial charge in [0.15, 0.2) is 5.82 Å². The van der Waals surface area contributed by atoms with E-state index in [-0.39, 0.29) is 24.3 Å². The van der Waals surface area contributed by atoms with Gasteiger partial charge in [-0.15, -0.1) is 0 Å². The molecule has 4 rings (SSSR count). The lowest BCUT2D eigenvalue weighted by atomic mass is 10.1. The quantitative estimate of drug-likeness (QED) is 0.640. The molecule has 0 radical (unpaired) electrons. The van der Waals surface area contributed by atoms with E-state index < -0.39 is 23.5 Å². The van der Waals surface area contributed by atoms with Gasteiger partial charge in [0, 0.05) is 24.3 Å². The van der Waals surface area contributed by atoms with E-state index in [1.54, 1.807) is 24.3 Å². The SMILES string of the molecule is Cc1ccc2c(c1)C(=O)N(CCC(=O)Nc1ccc(-n3nc(C)cc3C)c(F)c1)C2=O. The van der Waals surface area contributed by atoms with Crippen LogP contribution in [0.3, 0.4) is 0 Å². The Hall–Kier alpha value is -3.81. The van der Waals surface area contributed by atoms with Crippen LogP contribution in [-0.2, 0) is 4.79 Å². The Kier molecular flexibility index (Phi) is 5.14. The third-order valence-corrected chi connectivity index (χ3v) is 5.16. The van der Waals surface area contributed by atoms with Crippen molar-refractivity contribution in [1.29, 1.82) is 0 Å². The molecule has 1 aliphatic rings. The zero-order valence-corrected chi connectivity index (χ0v) is 17.4. The van der Waals surface area contributed by atoms with Crippen LogP contribution in [0.2, 0.25) is 0 Å². The molecule has 158 valence electrons. The molecule has 0 spiro atoms. The average Bonchev–Trinajstić information content (AvgIpc) is 3.16. The number of rotatable bonds is 5. The molecule has 1 aromatic heterocycles. The average molecular weight is 420 g/mol. The first-order valence-corrected chi connectivity index (χ1v) is 9.84. The zero-order valence-electron chi connectivity index (χ0n) is 17.4. The number of nitrogens with one attached hydrogen (secondary N) is 1. The van der Waals surface area contributed by atoms with E-state index in [1.165, 1.54) is 16.8 Å². The topological polar surface area (TPSA) is 84.3 Å². The van der Waals surface area contributed by atoms with Crippen LogP contribution in [-0.4, -0.2) is 38.9 Å². The smallest absolute Gasteiger partial charge is 0.261 e. The standard InChI is InChI=1S/C23H21FN4O3/c1-13-4-6-17-18(10-13)23(31)27(22(17)30)9-8-21(29)25-16-5-7-20(19(24)12-16)28-15(3)11-14(2)26-28/h4-7,10-12H,8-9H2,1-3H3,(H,25,29). The van der Waals surface area contributed by atoms with Crippen LogP contribution in [0, 0.1) is 26.6 Å². The van der Waals surface area contributed by atoms with Gasteiger partial charge >= 0.3 is 0 Å². The normalized spacial score (nSPS) is 13.0. The third kappa shape index (κ3) is 3.84. The van der Waals surface area contributed by atoms with Gasteiger partial charge in [-0.05, 0) is 57.2 Å². The van der Waals surface area contributed by atoms with Crippen LogP contribution in [0.25, 0.3) is 5.69 Å². The molecule has 0 saturated heterocycles. The zero-order chi connectivity index (χ0) is 22.3. The number of hydrogen-bond donors (Lipinski definition) is 1. The van der Waals surface area contributed by atoms with Gasteiger partial charge in [0.25, 0.3) is 11.8 Å². The lowest BCUT2D eigenvalue weighted by molar-refractivity contribution is -0.116. The van der Waals surface area contributed by atoms with Crippen molar-refractivity contribution in [3.8, 4) is 5.69 Å². The Morgan fingerprint density at radius 1 is 1.00 bits per heavy atom. The summed E-state index contributed by atoms with van der Waals surface area (Å²) in [6.07, 6.45) is -0.0920. The van der Waals surface area contributed by atoms with Gasteiger partial charge in [-0.3, -0.25) is 19.3 Å². The van der Waals surface area contributed by atoms with E-state index in [9.17, 15) is 18.8 Å². The highest BCUT2D eigenvalue weighted by Crippen LogP contribution is 2.24. The van der Waals surface area contributed by atoms with Crippen molar-refractivity contribution in [3.05, 3.63) is 76.4 Å². The van der Waals surface area contributed by atoms with E-state index in [0.29, 0.717) is 11.1 Å². The van der Waals surface area contributed by atoms with Crippen LogP contribution in [0.15, 0.2) is 42.5 Å². The van der Waals surface area contributed by atoms with Crippen LogP contribution in [0.5, 0.6) is 0 Å². The molecular formula is C23H21FN4O3. The van der Waals surface area contributed by atoms with Crippen LogP contribution in [0.1, 0.15) is 44.1 Å². The Morgan fingerprint density at radius 2 is 1.74 bits per heavy atom. The highest BCUT2D eigenvalue weighted by atomic mass is 19.1. The molecule has 0 unspecified atom stereocenters. The number of imide groups is 1. The van der Waals surface area contributed by atoms with Crippen LogP contribution in [0.4, 0.5) is 10.1 Å². The summed E-state index contributed by atoms with van der Waals surface area (Å²) in [5, 5.41) is 6.87. The number of fused-ring (bicyclic) bond motifs is 1. The largest absolute Gasteiger partial charge is 0.326 e. The van der Waals surface area contributed by atoms with Gasteiger partial charge < -0.3 is 5.32 Å². The summed E-state index contributed by atoms with van der Waals surface area (Å²) < 4.78 is 16.1. The fraction of sp³-hybridized carbons (Fsp3) is 0.217. The molecule has 0 atom stereocenters. The summed E-state index contributed by atoms with van der Waals surface area (Å²) in [4.78, 5) is 38.3. The number of halogens is 1. The number of hydrogen-bond acceptors (Lipinski definition) is 4. The summed E-state index contributed by atoms with van der Waals surface area (Å²) in [6, 6.07) is 11.2. The third-order valence-electron chi connectivity index (χ3n) is 5.16. The Morgan fingerprint density at radius 3 is 2.42 bits per heavy atom. The van der Waals surface area contributed by atoms with E-state index in [1.807, 2.05) is 26.8 Å². The van der Waals surface area contributed by atoms with Gasteiger partial charge in [-0.25, -0.2) is 9.07 Å². The maximum atomic E-state index is 14.6. The van der Waals surface area contributed by atoms with E-state index >= 15 is 0 Å². The van der Waals surface area contributed by atoms with Crippen molar-refractivity contribution < 1.29 is 18.8 Å². The fourth-order valence-corrected chi connectivity index (χ4v) is 3.67. The van der Waals surface area contributed by atoms with Crippen molar-refractivity contribution in [3.63, 3.8) is 0 Å². The maximum Gasteiger partial charge on any atom is 0.261 e. The highest BCUT2D eigenvalue weighted by molar-refractivity contribution is 6.21.